The monoisotopic (exact) mass is 247 g/mol. The molecule has 0 aliphatic carbocycles. The van der Waals surface area contributed by atoms with Gasteiger partial charge in [-0.15, -0.1) is 11.3 Å². The standard InChI is InChI=1S/C13H17N3S/c1-9(11-4-6-15-7-5-11)13(14-3)12-8-17-10(2)16-12/h4-9,13-14H,1-3H3. The molecule has 0 bridgehead atoms. The Morgan fingerprint density at radius 2 is 2.00 bits per heavy atom. The molecule has 0 aliphatic heterocycles. The molecule has 2 aromatic heterocycles. The first-order valence-electron chi connectivity index (χ1n) is 5.71. The molecule has 4 heteroatoms. The van der Waals surface area contributed by atoms with Gasteiger partial charge in [0.15, 0.2) is 0 Å². The number of nitrogens with zero attached hydrogens (tertiary/aromatic N) is 2. The van der Waals surface area contributed by atoms with E-state index in [1.807, 2.05) is 26.4 Å². The van der Waals surface area contributed by atoms with Crippen LogP contribution in [0, 0.1) is 6.92 Å². The maximum Gasteiger partial charge on any atom is 0.0898 e. The third-order valence-corrected chi connectivity index (χ3v) is 3.79. The molecule has 90 valence electrons. The van der Waals surface area contributed by atoms with E-state index in [1.54, 1.807) is 11.3 Å². The number of thiazole rings is 1. The molecular formula is C13H17N3S. The number of pyridine rings is 1. The molecule has 0 saturated carbocycles. The highest BCUT2D eigenvalue weighted by Crippen LogP contribution is 2.30. The average Bonchev–Trinajstić information content (AvgIpc) is 2.78. The summed E-state index contributed by atoms with van der Waals surface area (Å²) >= 11 is 1.70. The summed E-state index contributed by atoms with van der Waals surface area (Å²) in [4.78, 5) is 8.62. The largest absolute Gasteiger partial charge is 0.311 e. The van der Waals surface area contributed by atoms with Crippen LogP contribution in [0.5, 0.6) is 0 Å². The highest BCUT2D eigenvalue weighted by Gasteiger charge is 2.21. The van der Waals surface area contributed by atoms with Crippen molar-refractivity contribution in [3.63, 3.8) is 0 Å². The summed E-state index contributed by atoms with van der Waals surface area (Å²) in [5.41, 5.74) is 2.41. The van der Waals surface area contributed by atoms with Crippen molar-refractivity contribution in [2.45, 2.75) is 25.8 Å². The molecular weight excluding hydrogens is 230 g/mol. The van der Waals surface area contributed by atoms with E-state index in [2.05, 4.69) is 39.7 Å². The van der Waals surface area contributed by atoms with Gasteiger partial charge in [-0.05, 0) is 31.7 Å². The summed E-state index contributed by atoms with van der Waals surface area (Å²) in [5.74, 6) is 0.379. The summed E-state index contributed by atoms with van der Waals surface area (Å²) in [7, 11) is 1.98. The molecule has 0 saturated heterocycles. The molecule has 3 nitrogen and oxygen atoms in total. The van der Waals surface area contributed by atoms with Crippen LogP contribution >= 0.6 is 11.3 Å². The Morgan fingerprint density at radius 3 is 2.53 bits per heavy atom. The van der Waals surface area contributed by atoms with Gasteiger partial charge >= 0.3 is 0 Å². The van der Waals surface area contributed by atoms with Gasteiger partial charge in [-0.25, -0.2) is 4.98 Å². The second-order valence-electron chi connectivity index (χ2n) is 4.13. The van der Waals surface area contributed by atoms with Crippen LogP contribution in [0.15, 0.2) is 29.9 Å². The molecule has 0 spiro atoms. The van der Waals surface area contributed by atoms with Crippen molar-refractivity contribution in [2.24, 2.45) is 0 Å². The zero-order valence-corrected chi connectivity index (χ0v) is 11.2. The summed E-state index contributed by atoms with van der Waals surface area (Å²) in [6.07, 6.45) is 3.68. The van der Waals surface area contributed by atoms with Gasteiger partial charge in [-0.2, -0.15) is 0 Å². The Labute approximate surface area is 106 Å². The van der Waals surface area contributed by atoms with Gasteiger partial charge in [0.2, 0.25) is 0 Å². The fraction of sp³-hybridized carbons (Fsp3) is 0.385. The Morgan fingerprint density at radius 1 is 1.29 bits per heavy atom. The first-order chi connectivity index (χ1) is 8.22. The van der Waals surface area contributed by atoms with E-state index >= 15 is 0 Å². The summed E-state index contributed by atoms with van der Waals surface area (Å²) in [6.45, 7) is 4.25. The van der Waals surface area contributed by atoms with Gasteiger partial charge in [-0.3, -0.25) is 4.98 Å². The fourth-order valence-electron chi connectivity index (χ4n) is 2.04. The maximum atomic E-state index is 4.57. The molecule has 17 heavy (non-hydrogen) atoms. The highest BCUT2D eigenvalue weighted by atomic mass is 32.1. The van der Waals surface area contributed by atoms with Gasteiger partial charge in [0.1, 0.15) is 0 Å². The smallest absolute Gasteiger partial charge is 0.0898 e. The Balaban J connectivity index is 2.25. The summed E-state index contributed by atoms with van der Waals surface area (Å²) in [5, 5.41) is 6.60. The summed E-state index contributed by atoms with van der Waals surface area (Å²) < 4.78 is 0. The third-order valence-electron chi connectivity index (χ3n) is 3.00. The molecule has 2 unspecified atom stereocenters. The fourth-order valence-corrected chi connectivity index (χ4v) is 2.69. The molecule has 0 aliphatic rings. The van der Waals surface area contributed by atoms with Crippen molar-refractivity contribution < 1.29 is 0 Å². The van der Waals surface area contributed by atoms with Crippen LogP contribution in [0.3, 0.4) is 0 Å². The predicted octanol–water partition coefficient (Wildman–Crippen LogP) is 2.91. The van der Waals surface area contributed by atoms with Crippen molar-refractivity contribution in [1.82, 2.24) is 15.3 Å². The average molecular weight is 247 g/mol. The van der Waals surface area contributed by atoms with E-state index in [4.69, 9.17) is 0 Å². The topological polar surface area (TPSA) is 37.8 Å². The van der Waals surface area contributed by atoms with Crippen molar-refractivity contribution in [2.75, 3.05) is 7.05 Å². The van der Waals surface area contributed by atoms with Crippen LogP contribution < -0.4 is 5.32 Å². The Kier molecular flexibility index (Phi) is 3.86. The van der Waals surface area contributed by atoms with E-state index in [-0.39, 0.29) is 6.04 Å². The van der Waals surface area contributed by atoms with Gasteiger partial charge in [-0.1, -0.05) is 6.92 Å². The number of aryl methyl sites for hydroxylation is 1. The third kappa shape index (κ3) is 2.70. The van der Waals surface area contributed by atoms with Crippen LogP contribution in [0.2, 0.25) is 0 Å². The molecule has 0 radical (unpaired) electrons. The van der Waals surface area contributed by atoms with E-state index < -0.39 is 0 Å². The molecule has 0 fully saturated rings. The van der Waals surface area contributed by atoms with E-state index in [0.29, 0.717) is 5.92 Å². The van der Waals surface area contributed by atoms with Crippen LogP contribution in [-0.2, 0) is 0 Å². The zero-order chi connectivity index (χ0) is 12.3. The predicted molar refractivity (Wildman–Crippen MR) is 71.3 cm³/mol. The van der Waals surface area contributed by atoms with Crippen LogP contribution in [0.4, 0.5) is 0 Å². The number of hydrogen-bond donors (Lipinski definition) is 1. The molecule has 2 heterocycles. The van der Waals surface area contributed by atoms with Crippen LogP contribution in [0.1, 0.15) is 35.1 Å². The number of rotatable bonds is 4. The van der Waals surface area contributed by atoms with Gasteiger partial charge in [0.25, 0.3) is 0 Å². The zero-order valence-electron chi connectivity index (χ0n) is 10.3. The van der Waals surface area contributed by atoms with Crippen LogP contribution in [0.25, 0.3) is 0 Å². The second-order valence-corrected chi connectivity index (χ2v) is 5.19. The minimum absolute atomic E-state index is 0.252. The van der Waals surface area contributed by atoms with E-state index in [9.17, 15) is 0 Å². The number of hydrogen-bond acceptors (Lipinski definition) is 4. The molecule has 2 rings (SSSR count). The normalized spacial score (nSPS) is 14.5. The minimum atomic E-state index is 0.252. The Bertz CT molecular complexity index is 467. The van der Waals surface area contributed by atoms with Crippen molar-refractivity contribution in [3.05, 3.63) is 46.2 Å². The second kappa shape index (κ2) is 5.38. The molecule has 2 atom stereocenters. The lowest BCUT2D eigenvalue weighted by molar-refractivity contribution is 0.497. The first-order valence-corrected chi connectivity index (χ1v) is 6.59. The lowest BCUT2D eigenvalue weighted by Gasteiger charge is -2.22. The van der Waals surface area contributed by atoms with Crippen molar-refractivity contribution in [3.8, 4) is 0 Å². The van der Waals surface area contributed by atoms with Crippen molar-refractivity contribution >= 4 is 11.3 Å². The van der Waals surface area contributed by atoms with E-state index in [0.717, 1.165) is 10.7 Å². The van der Waals surface area contributed by atoms with Crippen molar-refractivity contribution in [1.29, 1.82) is 0 Å². The molecule has 0 amide bonds. The number of likely N-dealkylation sites (N-methyl/N-ethyl adjacent to an activating group) is 1. The van der Waals surface area contributed by atoms with Gasteiger partial charge < -0.3 is 5.32 Å². The lowest BCUT2D eigenvalue weighted by atomic mass is 9.92. The molecule has 0 aromatic carbocycles. The Hall–Kier alpha value is -1.26. The van der Waals surface area contributed by atoms with E-state index in [1.165, 1.54) is 5.56 Å². The quantitative estimate of drug-likeness (QED) is 0.902. The van der Waals surface area contributed by atoms with Gasteiger partial charge in [0.05, 0.1) is 16.7 Å². The van der Waals surface area contributed by atoms with Gasteiger partial charge in [0, 0.05) is 23.7 Å². The summed E-state index contributed by atoms with van der Waals surface area (Å²) in [6, 6.07) is 4.38. The SMILES string of the molecule is CNC(c1csc(C)n1)C(C)c1ccncc1. The first kappa shape index (κ1) is 12.2. The number of aromatic nitrogens is 2. The lowest BCUT2D eigenvalue weighted by Crippen LogP contribution is -2.22. The molecule has 1 N–H and O–H groups in total. The number of nitrogens with one attached hydrogen (secondary N) is 1. The van der Waals surface area contributed by atoms with Crippen LogP contribution in [-0.4, -0.2) is 17.0 Å². The highest BCUT2D eigenvalue weighted by molar-refractivity contribution is 7.09. The molecule has 2 aromatic rings. The minimum Gasteiger partial charge on any atom is -0.311 e. The maximum absolute atomic E-state index is 4.57.